The molecule has 0 spiro atoms. The second kappa shape index (κ2) is 6.34. The van der Waals surface area contributed by atoms with E-state index in [1.54, 1.807) is 20.8 Å². The third-order valence-electron chi connectivity index (χ3n) is 4.78. The number of hydrogen-bond acceptors (Lipinski definition) is 5. The standard InChI is InChI=1S/C17H21N3O5/c1-4-25-16(23)13-9(2)14(18-10(13)3)12(21)8-20-15(22)11-6-5-7-19(11)17(20)24/h11,18H,4-8H2,1-3H3/t11-/m0/s1. The molecule has 8 nitrogen and oxygen atoms in total. The summed E-state index contributed by atoms with van der Waals surface area (Å²) in [5, 5.41) is 0. The first-order chi connectivity index (χ1) is 11.9. The number of esters is 1. The van der Waals surface area contributed by atoms with Crippen LogP contribution in [0.5, 0.6) is 0 Å². The molecule has 0 bridgehead atoms. The van der Waals surface area contributed by atoms with Crippen molar-refractivity contribution in [3.05, 3.63) is 22.5 Å². The number of amides is 3. The summed E-state index contributed by atoms with van der Waals surface area (Å²) in [5.41, 5.74) is 1.55. The Labute approximate surface area is 145 Å². The number of urea groups is 1. The average Bonchev–Trinajstić information content (AvgIpc) is 3.21. The first-order valence-corrected chi connectivity index (χ1v) is 8.38. The molecule has 3 heterocycles. The number of rotatable bonds is 5. The summed E-state index contributed by atoms with van der Waals surface area (Å²) in [6, 6.07) is -0.839. The molecule has 25 heavy (non-hydrogen) atoms. The molecule has 3 rings (SSSR count). The lowest BCUT2D eigenvalue weighted by Crippen LogP contribution is -2.37. The molecular formula is C17H21N3O5. The van der Waals surface area contributed by atoms with Crippen LogP contribution in [0.4, 0.5) is 4.79 Å². The quantitative estimate of drug-likeness (QED) is 0.493. The number of H-pyrrole nitrogens is 1. The van der Waals surface area contributed by atoms with Gasteiger partial charge < -0.3 is 14.6 Å². The Kier molecular flexibility index (Phi) is 4.36. The van der Waals surface area contributed by atoms with E-state index >= 15 is 0 Å². The van der Waals surface area contributed by atoms with Crippen molar-refractivity contribution < 1.29 is 23.9 Å². The van der Waals surface area contributed by atoms with Gasteiger partial charge in [0, 0.05) is 12.2 Å². The maximum absolute atomic E-state index is 12.6. The second-order valence-electron chi connectivity index (χ2n) is 6.33. The monoisotopic (exact) mass is 347 g/mol. The predicted octanol–water partition coefficient (Wildman–Crippen LogP) is 1.42. The van der Waals surface area contributed by atoms with E-state index < -0.39 is 23.8 Å². The van der Waals surface area contributed by atoms with E-state index in [1.807, 2.05) is 0 Å². The molecule has 2 fully saturated rings. The first-order valence-electron chi connectivity index (χ1n) is 8.38. The van der Waals surface area contributed by atoms with Gasteiger partial charge in [0.1, 0.15) is 6.04 Å². The van der Waals surface area contributed by atoms with Crippen LogP contribution in [0.1, 0.15) is 51.9 Å². The second-order valence-corrected chi connectivity index (χ2v) is 6.33. The zero-order chi connectivity index (χ0) is 18.3. The molecule has 134 valence electrons. The van der Waals surface area contributed by atoms with Gasteiger partial charge in [-0.05, 0) is 39.2 Å². The molecule has 0 saturated carbocycles. The normalized spacial score (nSPS) is 19.6. The van der Waals surface area contributed by atoms with E-state index in [0.29, 0.717) is 29.8 Å². The lowest BCUT2D eigenvalue weighted by molar-refractivity contribution is -0.127. The molecule has 2 aliphatic heterocycles. The number of carbonyl (C=O) groups excluding carboxylic acids is 4. The van der Waals surface area contributed by atoms with Gasteiger partial charge in [-0.25, -0.2) is 9.59 Å². The fourth-order valence-electron chi connectivity index (χ4n) is 3.59. The number of imide groups is 1. The van der Waals surface area contributed by atoms with Crippen molar-refractivity contribution in [2.45, 2.75) is 39.7 Å². The highest BCUT2D eigenvalue weighted by atomic mass is 16.5. The SMILES string of the molecule is CCOC(=O)c1c(C)[nH]c(C(=O)CN2C(=O)[C@@H]3CCCN3C2=O)c1C. The number of ether oxygens (including phenoxy) is 1. The van der Waals surface area contributed by atoms with Gasteiger partial charge in [-0.2, -0.15) is 0 Å². The molecule has 1 N–H and O–H groups in total. The molecule has 2 saturated heterocycles. The maximum Gasteiger partial charge on any atom is 0.340 e. The van der Waals surface area contributed by atoms with Gasteiger partial charge in [-0.1, -0.05) is 0 Å². The van der Waals surface area contributed by atoms with Crippen LogP contribution in [0.2, 0.25) is 0 Å². The number of Topliss-reactive ketones (excluding diaryl/α,β-unsaturated/α-hetero) is 1. The summed E-state index contributed by atoms with van der Waals surface area (Å²) in [7, 11) is 0. The molecule has 1 aromatic heterocycles. The van der Waals surface area contributed by atoms with Gasteiger partial charge >= 0.3 is 12.0 Å². The van der Waals surface area contributed by atoms with Crippen molar-refractivity contribution in [2.75, 3.05) is 19.7 Å². The summed E-state index contributed by atoms with van der Waals surface area (Å²) >= 11 is 0. The summed E-state index contributed by atoms with van der Waals surface area (Å²) in [4.78, 5) is 54.7. The Morgan fingerprint density at radius 2 is 2.00 bits per heavy atom. The van der Waals surface area contributed by atoms with Crippen LogP contribution in [0.15, 0.2) is 0 Å². The molecule has 1 aromatic rings. The topological polar surface area (TPSA) is 99.8 Å². The van der Waals surface area contributed by atoms with E-state index in [1.165, 1.54) is 4.90 Å². The highest BCUT2D eigenvalue weighted by molar-refractivity contribution is 6.10. The van der Waals surface area contributed by atoms with E-state index in [2.05, 4.69) is 4.98 Å². The summed E-state index contributed by atoms with van der Waals surface area (Å²) in [6.07, 6.45) is 1.45. The van der Waals surface area contributed by atoms with E-state index in [-0.39, 0.29) is 24.8 Å². The minimum absolute atomic E-state index is 0.230. The number of ketones is 1. The average molecular weight is 347 g/mol. The van der Waals surface area contributed by atoms with Gasteiger partial charge in [-0.15, -0.1) is 0 Å². The molecule has 0 unspecified atom stereocenters. The number of nitrogens with one attached hydrogen (secondary N) is 1. The number of aryl methyl sites for hydroxylation is 1. The lowest BCUT2D eigenvalue weighted by Gasteiger charge is -2.14. The molecule has 3 amide bonds. The number of aromatic nitrogens is 1. The van der Waals surface area contributed by atoms with Gasteiger partial charge in [0.05, 0.1) is 24.4 Å². The van der Waals surface area contributed by atoms with E-state index in [9.17, 15) is 19.2 Å². The number of nitrogens with zero attached hydrogens (tertiary/aromatic N) is 2. The largest absolute Gasteiger partial charge is 0.462 e. The van der Waals surface area contributed by atoms with Crippen LogP contribution in [-0.4, -0.2) is 64.2 Å². The fraction of sp³-hybridized carbons (Fsp3) is 0.529. The summed E-state index contributed by atoms with van der Waals surface area (Å²) in [6.45, 7) is 5.49. The first kappa shape index (κ1) is 17.2. The molecule has 0 radical (unpaired) electrons. The maximum atomic E-state index is 12.6. The highest BCUT2D eigenvalue weighted by Crippen LogP contribution is 2.28. The van der Waals surface area contributed by atoms with Crippen molar-refractivity contribution in [3.8, 4) is 0 Å². The van der Waals surface area contributed by atoms with Crippen molar-refractivity contribution in [1.29, 1.82) is 0 Å². The van der Waals surface area contributed by atoms with Crippen LogP contribution < -0.4 is 0 Å². The molecule has 0 aliphatic carbocycles. The molecule has 2 aliphatic rings. The Morgan fingerprint density at radius 3 is 2.64 bits per heavy atom. The number of carbonyl (C=O) groups is 4. The van der Waals surface area contributed by atoms with Crippen molar-refractivity contribution in [3.63, 3.8) is 0 Å². The Hall–Kier alpha value is -2.64. The Bertz CT molecular complexity index is 745. The fourth-order valence-corrected chi connectivity index (χ4v) is 3.59. The number of fused-ring (bicyclic) bond motifs is 1. The lowest BCUT2D eigenvalue weighted by atomic mass is 10.1. The van der Waals surface area contributed by atoms with Gasteiger partial charge in [0.25, 0.3) is 5.91 Å². The third-order valence-corrected chi connectivity index (χ3v) is 4.78. The van der Waals surface area contributed by atoms with Crippen LogP contribution in [0, 0.1) is 13.8 Å². The number of hydrogen-bond donors (Lipinski definition) is 1. The Balaban J connectivity index is 1.81. The highest BCUT2D eigenvalue weighted by Gasteiger charge is 2.48. The minimum atomic E-state index is -0.498. The zero-order valence-electron chi connectivity index (χ0n) is 14.5. The Morgan fingerprint density at radius 1 is 1.28 bits per heavy atom. The molecule has 0 aromatic carbocycles. The van der Waals surface area contributed by atoms with Crippen molar-refractivity contribution in [1.82, 2.24) is 14.8 Å². The van der Waals surface area contributed by atoms with E-state index in [0.717, 1.165) is 11.3 Å². The minimum Gasteiger partial charge on any atom is -0.462 e. The van der Waals surface area contributed by atoms with Crippen LogP contribution >= 0.6 is 0 Å². The molecule has 8 heteroatoms. The van der Waals surface area contributed by atoms with Crippen LogP contribution in [0.25, 0.3) is 0 Å². The summed E-state index contributed by atoms with van der Waals surface area (Å²) < 4.78 is 5.00. The number of aromatic amines is 1. The zero-order valence-corrected chi connectivity index (χ0v) is 14.5. The van der Waals surface area contributed by atoms with E-state index in [4.69, 9.17) is 4.74 Å². The predicted molar refractivity (Wildman–Crippen MR) is 87.4 cm³/mol. The van der Waals surface area contributed by atoms with Crippen LogP contribution in [0.3, 0.4) is 0 Å². The van der Waals surface area contributed by atoms with Gasteiger partial charge in [0.2, 0.25) is 0 Å². The molecular weight excluding hydrogens is 326 g/mol. The van der Waals surface area contributed by atoms with Gasteiger partial charge in [-0.3, -0.25) is 14.5 Å². The van der Waals surface area contributed by atoms with Gasteiger partial charge in [0.15, 0.2) is 5.78 Å². The molecule has 1 atom stereocenters. The third kappa shape index (κ3) is 2.71. The summed E-state index contributed by atoms with van der Waals surface area (Å²) in [5.74, 6) is -1.22. The van der Waals surface area contributed by atoms with Crippen LogP contribution in [-0.2, 0) is 9.53 Å². The van der Waals surface area contributed by atoms with Crippen molar-refractivity contribution >= 4 is 23.7 Å². The smallest absolute Gasteiger partial charge is 0.340 e. The van der Waals surface area contributed by atoms with Crippen molar-refractivity contribution in [2.24, 2.45) is 0 Å².